The fraction of sp³-hybridized carbons (Fsp3) is 0.429. The van der Waals surface area contributed by atoms with Crippen LogP contribution in [0.15, 0.2) is 36.4 Å². The summed E-state index contributed by atoms with van der Waals surface area (Å²) in [5.41, 5.74) is -3.08. The molecule has 2 aromatic carbocycles. The van der Waals surface area contributed by atoms with Crippen LogP contribution in [-0.2, 0) is 15.8 Å². The molecule has 2 fully saturated rings. The van der Waals surface area contributed by atoms with Gasteiger partial charge < -0.3 is 19.6 Å². The predicted molar refractivity (Wildman–Crippen MR) is 150 cm³/mol. The summed E-state index contributed by atoms with van der Waals surface area (Å²) in [6, 6.07) is 8.48. The highest BCUT2D eigenvalue weighted by Gasteiger charge is 2.51. The summed E-state index contributed by atoms with van der Waals surface area (Å²) < 4.78 is 61.5. The van der Waals surface area contributed by atoms with Crippen LogP contribution in [0.4, 0.5) is 28.9 Å². The average Bonchev–Trinajstić information content (AvgIpc) is 3.11. The van der Waals surface area contributed by atoms with Crippen LogP contribution < -0.4 is 14.5 Å². The van der Waals surface area contributed by atoms with Gasteiger partial charge in [0.25, 0.3) is 5.91 Å². The quantitative estimate of drug-likeness (QED) is 0.334. The molecule has 0 aromatic heterocycles. The molecule has 4 rings (SSSR count). The van der Waals surface area contributed by atoms with Gasteiger partial charge in [0.15, 0.2) is 16.7 Å². The highest BCUT2D eigenvalue weighted by atomic mass is 32.1. The number of hydrogen-bond donors (Lipinski definition) is 1. The van der Waals surface area contributed by atoms with E-state index < -0.39 is 40.5 Å². The number of rotatable bonds is 9. The van der Waals surface area contributed by atoms with Crippen molar-refractivity contribution in [3.8, 4) is 11.8 Å². The Balaban J connectivity index is 1.44. The van der Waals surface area contributed by atoms with Crippen LogP contribution in [0.1, 0.15) is 31.4 Å². The molecule has 1 amide bonds. The van der Waals surface area contributed by atoms with Crippen molar-refractivity contribution < 1.29 is 37.0 Å². The number of halogens is 4. The first kappa shape index (κ1) is 31.1. The molecule has 2 saturated heterocycles. The van der Waals surface area contributed by atoms with Crippen molar-refractivity contribution in [1.29, 1.82) is 5.26 Å². The van der Waals surface area contributed by atoms with Crippen LogP contribution in [-0.4, -0.2) is 83.3 Å². The summed E-state index contributed by atoms with van der Waals surface area (Å²) in [4.78, 5) is 30.7. The molecular weight excluding hydrogens is 578 g/mol. The number of hydrogen-bond acceptors (Lipinski definition) is 7. The maximum absolute atomic E-state index is 15.1. The molecule has 0 aliphatic carbocycles. The molecule has 2 aliphatic rings. The van der Waals surface area contributed by atoms with Crippen LogP contribution in [0.5, 0.6) is 5.75 Å². The van der Waals surface area contributed by atoms with E-state index in [1.54, 1.807) is 0 Å². The van der Waals surface area contributed by atoms with E-state index in [1.165, 1.54) is 43.0 Å². The Bertz CT molecular complexity index is 1420. The topological polar surface area (TPSA) is 100 Å². The van der Waals surface area contributed by atoms with E-state index in [1.807, 2.05) is 0 Å². The second-order valence-electron chi connectivity index (χ2n) is 10.4. The second kappa shape index (κ2) is 12.2. The normalized spacial score (nSPS) is 17.9. The standard InChI is InChI=1S/C28H29F4N5O4S/c1-27(2)25(40)36(19-4-3-18(17-33)21(15-19)28(30,31)32)26(42)37(27)20-5-6-23(22(29)16-20)41-14-13-35-11-9-34(10-12-35)8-7-24(38)39/h3-6,15-16H,7-14H2,1-2H3,(H,38,39). The third-order valence-corrected chi connectivity index (χ3v) is 7.67. The van der Waals surface area contributed by atoms with Crippen molar-refractivity contribution in [3.05, 3.63) is 53.3 Å². The Morgan fingerprint density at radius 3 is 2.26 bits per heavy atom. The zero-order valence-corrected chi connectivity index (χ0v) is 23.8. The molecule has 2 aromatic rings. The lowest BCUT2D eigenvalue weighted by Gasteiger charge is -2.34. The van der Waals surface area contributed by atoms with Crippen LogP contribution in [0.2, 0.25) is 0 Å². The number of thiocarbonyl (C=S) groups is 1. The van der Waals surface area contributed by atoms with Gasteiger partial charge in [-0.25, -0.2) is 4.39 Å². The molecular formula is C28H29F4N5O4S. The highest BCUT2D eigenvalue weighted by molar-refractivity contribution is 7.81. The Labute approximate surface area is 245 Å². The molecule has 0 unspecified atom stereocenters. The van der Waals surface area contributed by atoms with E-state index in [0.717, 1.165) is 43.2 Å². The molecule has 0 spiro atoms. The number of ether oxygens (including phenoxy) is 1. The minimum absolute atomic E-state index is 0.00754. The van der Waals surface area contributed by atoms with Gasteiger partial charge in [-0.1, -0.05) is 0 Å². The van der Waals surface area contributed by atoms with E-state index >= 15 is 4.39 Å². The number of nitriles is 1. The molecule has 42 heavy (non-hydrogen) atoms. The van der Waals surface area contributed by atoms with Crippen molar-refractivity contribution in [2.45, 2.75) is 32.0 Å². The second-order valence-corrected chi connectivity index (χ2v) is 10.8. The fourth-order valence-corrected chi connectivity index (χ4v) is 5.50. The molecule has 1 N–H and O–H groups in total. The van der Waals surface area contributed by atoms with Crippen LogP contribution in [0.25, 0.3) is 0 Å². The molecule has 9 nitrogen and oxygen atoms in total. The van der Waals surface area contributed by atoms with Crippen LogP contribution in [0.3, 0.4) is 0 Å². The number of piperazine rings is 1. The van der Waals surface area contributed by atoms with Gasteiger partial charge in [0.1, 0.15) is 12.1 Å². The van der Waals surface area contributed by atoms with Crippen molar-refractivity contribution in [2.24, 2.45) is 0 Å². The zero-order valence-electron chi connectivity index (χ0n) is 22.9. The minimum atomic E-state index is -4.82. The summed E-state index contributed by atoms with van der Waals surface area (Å²) in [7, 11) is 0. The van der Waals surface area contributed by atoms with Crippen molar-refractivity contribution in [1.82, 2.24) is 9.80 Å². The Kier molecular flexibility index (Phi) is 9.05. The SMILES string of the molecule is CC1(C)C(=O)N(c2ccc(C#N)c(C(F)(F)F)c2)C(=S)N1c1ccc(OCCN2CCN(CCC(=O)O)CC2)c(F)c1. The van der Waals surface area contributed by atoms with E-state index in [4.69, 9.17) is 27.3 Å². The highest BCUT2D eigenvalue weighted by Crippen LogP contribution is 2.40. The van der Waals surface area contributed by atoms with Crippen molar-refractivity contribution in [3.63, 3.8) is 0 Å². The number of amides is 1. The van der Waals surface area contributed by atoms with E-state index in [0.29, 0.717) is 19.2 Å². The summed E-state index contributed by atoms with van der Waals surface area (Å²) in [5, 5.41) is 17.8. The number of alkyl halides is 3. The van der Waals surface area contributed by atoms with Gasteiger partial charge in [-0.15, -0.1) is 0 Å². The lowest BCUT2D eigenvalue weighted by molar-refractivity contribution is -0.138. The molecule has 0 atom stereocenters. The summed E-state index contributed by atoms with van der Waals surface area (Å²) >= 11 is 5.50. The summed E-state index contributed by atoms with van der Waals surface area (Å²) in [5.74, 6) is -2.15. The molecule has 2 heterocycles. The Hall–Kier alpha value is -3.80. The Morgan fingerprint density at radius 1 is 1.07 bits per heavy atom. The number of anilines is 2. The maximum atomic E-state index is 15.1. The first-order valence-electron chi connectivity index (χ1n) is 13.1. The van der Waals surface area contributed by atoms with Crippen LogP contribution in [0, 0.1) is 17.1 Å². The number of nitrogens with zero attached hydrogens (tertiary/aromatic N) is 5. The fourth-order valence-electron chi connectivity index (χ4n) is 4.98. The number of aliphatic carboxylic acids is 1. The Morgan fingerprint density at radius 2 is 1.69 bits per heavy atom. The number of carboxylic acid groups (broad SMARTS) is 1. The monoisotopic (exact) mass is 607 g/mol. The maximum Gasteiger partial charge on any atom is 0.417 e. The van der Waals surface area contributed by atoms with Crippen molar-refractivity contribution >= 4 is 40.6 Å². The minimum Gasteiger partial charge on any atom is -0.489 e. The molecule has 0 radical (unpaired) electrons. The van der Waals surface area contributed by atoms with Gasteiger partial charge >= 0.3 is 12.1 Å². The van der Waals surface area contributed by atoms with Gasteiger partial charge in [0, 0.05) is 51.0 Å². The van der Waals surface area contributed by atoms with Crippen molar-refractivity contribution in [2.75, 3.05) is 55.7 Å². The first-order valence-corrected chi connectivity index (χ1v) is 13.5. The zero-order chi connectivity index (χ0) is 30.8. The van der Waals surface area contributed by atoms with Gasteiger partial charge in [-0.3, -0.25) is 19.4 Å². The third-order valence-electron chi connectivity index (χ3n) is 7.30. The number of benzene rings is 2. The van der Waals surface area contributed by atoms with Gasteiger partial charge in [-0.2, -0.15) is 18.4 Å². The number of carbonyl (C=O) groups excluding carboxylic acids is 1. The molecule has 2 aliphatic heterocycles. The average molecular weight is 608 g/mol. The van der Waals surface area contributed by atoms with Gasteiger partial charge in [-0.05, 0) is 56.4 Å². The smallest absolute Gasteiger partial charge is 0.417 e. The van der Waals surface area contributed by atoms with E-state index in [-0.39, 0.29) is 35.3 Å². The van der Waals surface area contributed by atoms with Crippen LogP contribution >= 0.6 is 12.2 Å². The largest absolute Gasteiger partial charge is 0.489 e. The van der Waals surface area contributed by atoms with Gasteiger partial charge in [0.2, 0.25) is 0 Å². The lowest BCUT2D eigenvalue weighted by atomic mass is 10.0. The molecule has 0 bridgehead atoms. The molecule has 0 saturated carbocycles. The van der Waals surface area contributed by atoms with Gasteiger partial charge in [0.05, 0.1) is 29.3 Å². The number of carboxylic acids is 1. The van der Waals surface area contributed by atoms with E-state index in [2.05, 4.69) is 9.80 Å². The number of carbonyl (C=O) groups is 2. The predicted octanol–water partition coefficient (Wildman–Crippen LogP) is 4.10. The molecule has 224 valence electrons. The van der Waals surface area contributed by atoms with E-state index in [9.17, 15) is 22.8 Å². The third kappa shape index (κ3) is 6.48. The summed E-state index contributed by atoms with van der Waals surface area (Å²) in [6.45, 7) is 7.26. The first-order chi connectivity index (χ1) is 19.7. The summed E-state index contributed by atoms with van der Waals surface area (Å²) in [6.07, 6.45) is -4.73. The lowest BCUT2D eigenvalue weighted by Crippen LogP contribution is -2.47. The molecule has 14 heteroatoms.